The molecule has 0 fully saturated rings. The number of urea groups is 1. The monoisotopic (exact) mass is 433 g/mol. The van der Waals surface area contributed by atoms with Crippen LogP contribution in [0.15, 0.2) is 66.7 Å². The number of benzene rings is 3. The normalized spacial score (nSPS) is 11.5. The second-order valence-electron chi connectivity index (χ2n) is 7.47. The van der Waals surface area contributed by atoms with E-state index in [1.165, 1.54) is 0 Å². The van der Waals surface area contributed by atoms with Crippen LogP contribution in [0.2, 0.25) is 0 Å². The summed E-state index contributed by atoms with van der Waals surface area (Å²) in [6.07, 6.45) is 0. The molecule has 0 aliphatic carbocycles. The van der Waals surface area contributed by atoms with Crippen LogP contribution < -0.4 is 25.4 Å². The van der Waals surface area contributed by atoms with E-state index in [0.29, 0.717) is 13.1 Å². The molecule has 2 amide bonds. The van der Waals surface area contributed by atoms with Crippen LogP contribution in [-0.2, 0) is 6.54 Å². The zero-order valence-electron chi connectivity index (χ0n) is 19.1. The number of hydrogen-bond acceptors (Lipinski definition) is 4. The fourth-order valence-electron chi connectivity index (χ4n) is 3.45. The van der Waals surface area contributed by atoms with Crippen molar-refractivity contribution in [1.29, 1.82) is 0 Å². The molecule has 6 nitrogen and oxygen atoms in total. The number of anilines is 1. The van der Waals surface area contributed by atoms with Crippen molar-refractivity contribution in [2.24, 2.45) is 0 Å². The quantitative estimate of drug-likeness (QED) is 0.425. The molecule has 3 rings (SSSR count). The van der Waals surface area contributed by atoms with Gasteiger partial charge in [-0.3, -0.25) is 0 Å². The lowest BCUT2D eigenvalue weighted by Crippen LogP contribution is -2.28. The summed E-state index contributed by atoms with van der Waals surface area (Å²) < 4.78 is 10.6. The van der Waals surface area contributed by atoms with Crippen molar-refractivity contribution in [3.05, 3.63) is 77.9 Å². The number of carbonyl (C=O) groups is 1. The molecule has 32 heavy (non-hydrogen) atoms. The van der Waals surface area contributed by atoms with Crippen molar-refractivity contribution in [2.45, 2.75) is 26.4 Å². The largest absolute Gasteiger partial charge is 0.497 e. The molecule has 0 radical (unpaired) electrons. The predicted molar refractivity (Wildman–Crippen MR) is 129 cm³/mol. The summed E-state index contributed by atoms with van der Waals surface area (Å²) in [5.74, 6) is 1.63. The summed E-state index contributed by atoms with van der Waals surface area (Å²) in [6.45, 7) is 5.27. The molecule has 0 heterocycles. The van der Waals surface area contributed by atoms with Crippen LogP contribution in [0.4, 0.5) is 10.5 Å². The highest BCUT2D eigenvalue weighted by atomic mass is 16.5. The fourth-order valence-corrected chi connectivity index (χ4v) is 3.45. The lowest BCUT2D eigenvalue weighted by molar-refractivity contribution is 0.252. The molecule has 1 atom stereocenters. The molecule has 168 valence electrons. The Morgan fingerprint density at radius 3 is 2.38 bits per heavy atom. The van der Waals surface area contributed by atoms with Crippen LogP contribution in [0.5, 0.6) is 11.5 Å². The number of methoxy groups -OCH3 is 2. The standard InChI is InChI=1S/C26H31N3O3/c1-5-27-26(30)29-25-14-9-19(15-24(25)20-10-12-22(31-3)13-11-20)17-28-18(2)21-7-6-8-23(16-21)32-4/h6-16,18,28H,5,17H2,1-4H3,(H2,27,29,30). The predicted octanol–water partition coefficient (Wildman–Crippen LogP) is 5.36. The number of hydrogen-bond donors (Lipinski definition) is 3. The maximum atomic E-state index is 12.1. The number of carbonyl (C=O) groups excluding carboxylic acids is 1. The summed E-state index contributed by atoms with van der Waals surface area (Å²) in [7, 11) is 3.32. The third kappa shape index (κ3) is 6.02. The summed E-state index contributed by atoms with van der Waals surface area (Å²) in [5, 5.41) is 9.30. The third-order valence-electron chi connectivity index (χ3n) is 5.28. The molecule has 1 unspecified atom stereocenters. The van der Waals surface area contributed by atoms with Gasteiger partial charge < -0.3 is 25.4 Å². The Labute approximate surface area is 190 Å². The zero-order valence-corrected chi connectivity index (χ0v) is 19.1. The van der Waals surface area contributed by atoms with E-state index in [-0.39, 0.29) is 12.1 Å². The zero-order chi connectivity index (χ0) is 22.9. The van der Waals surface area contributed by atoms with Gasteiger partial charge in [0.1, 0.15) is 11.5 Å². The van der Waals surface area contributed by atoms with E-state index in [1.807, 2.05) is 61.5 Å². The molecule has 0 aliphatic rings. The summed E-state index contributed by atoms with van der Waals surface area (Å²) in [6, 6.07) is 21.9. The van der Waals surface area contributed by atoms with Gasteiger partial charge >= 0.3 is 6.03 Å². The lowest BCUT2D eigenvalue weighted by atomic mass is 10.00. The number of nitrogens with one attached hydrogen (secondary N) is 3. The molecule has 3 aromatic rings. The van der Waals surface area contributed by atoms with Gasteiger partial charge in [-0.05, 0) is 66.9 Å². The average molecular weight is 434 g/mol. The molecule has 0 bridgehead atoms. The first kappa shape index (κ1) is 23.2. The fraction of sp³-hybridized carbons (Fsp3) is 0.269. The van der Waals surface area contributed by atoms with E-state index in [0.717, 1.165) is 39.4 Å². The summed E-state index contributed by atoms with van der Waals surface area (Å²) >= 11 is 0. The van der Waals surface area contributed by atoms with Crippen LogP contribution in [0.1, 0.15) is 31.0 Å². The first-order chi connectivity index (χ1) is 15.5. The van der Waals surface area contributed by atoms with Crippen molar-refractivity contribution in [2.75, 3.05) is 26.1 Å². The minimum absolute atomic E-state index is 0.155. The molecular weight excluding hydrogens is 402 g/mol. The van der Waals surface area contributed by atoms with Gasteiger partial charge in [0.05, 0.1) is 19.9 Å². The Balaban J connectivity index is 1.82. The van der Waals surface area contributed by atoms with E-state index < -0.39 is 0 Å². The van der Waals surface area contributed by atoms with Crippen LogP contribution in [-0.4, -0.2) is 26.8 Å². The van der Waals surface area contributed by atoms with Crippen molar-refractivity contribution < 1.29 is 14.3 Å². The summed E-state index contributed by atoms with van der Waals surface area (Å²) in [4.78, 5) is 12.1. The Morgan fingerprint density at radius 1 is 0.938 bits per heavy atom. The van der Waals surface area contributed by atoms with E-state index in [2.05, 4.69) is 35.0 Å². The first-order valence-corrected chi connectivity index (χ1v) is 10.7. The first-order valence-electron chi connectivity index (χ1n) is 10.7. The Kier molecular flexibility index (Phi) is 8.11. The van der Waals surface area contributed by atoms with Gasteiger partial charge in [0.25, 0.3) is 0 Å². The molecule has 0 saturated heterocycles. The number of amides is 2. The highest BCUT2D eigenvalue weighted by Crippen LogP contribution is 2.31. The SMILES string of the molecule is CCNC(=O)Nc1ccc(CNC(C)c2cccc(OC)c2)cc1-c1ccc(OC)cc1. The van der Waals surface area contributed by atoms with Gasteiger partial charge in [0.15, 0.2) is 0 Å². The maximum absolute atomic E-state index is 12.1. The topological polar surface area (TPSA) is 71.6 Å². The van der Waals surface area contributed by atoms with E-state index in [4.69, 9.17) is 9.47 Å². The van der Waals surface area contributed by atoms with E-state index >= 15 is 0 Å². The Bertz CT molecular complexity index is 1030. The molecule has 0 aliphatic heterocycles. The van der Waals surface area contributed by atoms with Crippen molar-refractivity contribution >= 4 is 11.7 Å². The number of ether oxygens (including phenoxy) is 2. The number of rotatable bonds is 9. The van der Waals surface area contributed by atoms with Gasteiger partial charge in [-0.25, -0.2) is 4.79 Å². The van der Waals surface area contributed by atoms with Crippen molar-refractivity contribution in [3.63, 3.8) is 0 Å². The van der Waals surface area contributed by atoms with Crippen molar-refractivity contribution in [1.82, 2.24) is 10.6 Å². The molecular formula is C26H31N3O3. The molecule has 3 N–H and O–H groups in total. The van der Waals surface area contributed by atoms with E-state index in [1.54, 1.807) is 14.2 Å². The van der Waals surface area contributed by atoms with Crippen LogP contribution in [0, 0.1) is 0 Å². The van der Waals surface area contributed by atoms with Gasteiger partial charge in [-0.1, -0.05) is 30.3 Å². The van der Waals surface area contributed by atoms with Gasteiger partial charge in [0.2, 0.25) is 0 Å². The van der Waals surface area contributed by atoms with Gasteiger partial charge in [0, 0.05) is 24.7 Å². The smallest absolute Gasteiger partial charge is 0.319 e. The molecule has 0 aromatic heterocycles. The van der Waals surface area contributed by atoms with Crippen LogP contribution in [0.25, 0.3) is 11.1 Å². The molecule has 0 spiro atoms. The molecule has 0 saturated carbocycles. The van der Waals surface area contributed by atoms with Crippen LogP contribution in [0.3, 0.4) is 0 Å². The second kappa shape index (κ2) is 11.2. The Morgan fingerprint density at radius 2 is 1.69 bits per heavy atom. The molecule has 3 aromatic carbocycles. The minimum atomic E-state index is -0.222. The summed E-state index contributed by atoms with van der Waals surface area (Å²) in [5.41, 5.74) is 4.99. The highest BCUT2D eigenvalue weighted by molar-refractivity contribution is 5.94. The third-order valence-corrected chi connectivity index (χ3v) is 5.28. The van der Waals surface area contributed by atoms with Crippen molar-refractivity contribution in [3.8, 4) is 22.6 Å². The van der Waals surface area contributed by atoms with E-state index in [9.17, 15) is 4.79 Å². The second-order valence-corrected chi connectivity index (χ2v) is 7.47. The van der Waals surface area contributed by atoms with Crippen LogP contribution >= 0.6 is 0 Å². The van der Waals surface area contributed by atoms with Gasteiger partial charge in [-0.2, -0.15) is 0 Å². The van der Waals surface area contributed by atoms with Gasteiger partial charge in [-0.15, -0.1) is 0 Å². The average Bonchev–Trinajstić information content (AvgIpc) is 2.83. The molecule has 6 heteroatoms. The Hall–Kier alpha value is -3.51. The maximum Gasteiger partial charge on any atom is 0.319 e. The highest BCUT2D eigenvalue weighted by Gasteiger charge is 2.11. The lowest BCUT2D eigenvalue weighted by Gasteiger charge is -2.17. The minimum Gasteiger partial charge on any atom is -0.497 e.